The molecule has 0 bridgehead atoms. The first-order valence-electron chi connectivity index (χ1n) is 4.78. The van der Waals surface area contributed by atoms with Crippen LogP contribution in [0, 0.1) is 10.1 Å². The number of carbonyl (C=O) groups excluding carboxylic acids is 1. The van der Waals surface area contributed by atoms with E-state index in [-0.39, 0.29) is 8.55 Å². The zero-order valence-electron chi connectivity index (χ0n) is 9.91. The molecule has 8 nitrogen and oxygen atoms in total. The van der Waals surface area contributed by atoms with Gasteiger partial charge in [0, 0.05) is 20.2 Å². The van der Waals surface area contributed by atoms with E-state index in [2.05, 4.69) is 0 Å². The molecule has 1 amide bonds. The van der Waals surface area contributed by atoms with Gasteiger partial charge in [-0.25, -0.2) is 13.1 Å². The first-order chi connectivity index (χ1) is 8.65. The first-order valence-corrected chi connectivity index (χ1v) is 7.46. The van der Waals surface area contributed by atoms with E-state index in [1.54, 1.807) is 0 Å². The molecule has 0 unspecified atom stereocenters. The lowest BCUT2D eigenvalue weighted by molar-refractivity contribution is -0.384. The summed E-state index contributed by atoms with van der Waals surface area (Å²) in [6, 6.07) is 0.857. The molecule has 0 radical (unpaired) electrons. The van der Waals surface area contributed by atoms with Crippen LogP contribution in [0.2, 0.25) is 4.34 Å². The van der Waals surface area contributed by atoms with Crippen molar-refractivity contribution in [3.63, 3.8) is 0 Å². The second kappa shape index (κ2) is 5.82. The number of hydrogen-bond donors (Lipinski definition) is 1. The lowest BCUT2D eigenvalue weighted by Gasteiger charge is -2.10. The summed E-state index contributed by atoms with van der Waals surface area (Å²) in [4.78, 5) is 22.3. The van der Waals surface area contributed by atoms with E-state index < -0.39 is 33.1 Å². The monoisotopic (exact) mass is 327 g/mol. The highest BCUT2D eigenvalue weighted by Crippen LogP contribution is 2.35. The number of nitrogens with zero attached hydrogens (tertiary/aromatic N) is 2. The SMILES string of the molecule is CN(C)C(=O)CNS(=O)(=O)c1cc([N+](=O)[O-])c(Cl)s1. The largest absolute Gasteiger partial charge is 0.348 e. The number of amides is 1. The Morgan fingerprint density at radius 3 is 2.58 bits per heavy atom. The predicted molar refractivity (Wildman–Crippen MR) is 69.9 cm³/mol. The second-order valence-corrected chi connectivity index (χ2v) is 7.24. The van der Waals surface area contributed by atoms with Gasteiger partial charge in [0.2, 0.25) is 5.91 Å². The van der Waals surface area contributed by atoms with Gasteiger partial charge in [0.25, 0.3) is 15.7 Å². The number of sulfonamides is 1. The summed E-state index contributed by atoms with van der Waals surface area (Å²) in [6.07, 6.45) is 0. The number of thiophene rings is 1. The molecule has 1 rings (SSSR count). The molecule has 0 aliphatic heterocycles. The predicted octanol–water partition coefficient (Wildman–Crippen LogP) is 0.676. The van der Waals surface area contributed by atoms with Gasteiger partial charge in [-0.2, -0.15) is 0 Å². The van der Waals surface area contributed by atoms with Crippen LogP contribution < -0.4 is 4.72 Å². The zero-order chi connectivity index (χ0) is 14.8. The van der Waals surface area contributed by atoms with Crippen LogP contribution in [0.1, 0.15) is 0 Å². The molecule has 0 aliphatic carbocycles. The molecule has 0 aromatic carbocycles. The summed E-state index contributed by atoms with van der Waals surface area (Å²) in [6.45, 7) is -0.432. The average molecular weight is 328 g/mol. The average Bonchev–Trinajstić information content (AvgIpc) is 2.69. The molecule has 0 spiro atoms. The van der Waals surface area contributed by atoms with Gasteiger partial charge in [-0.1, -0.05) is 11.6 Å². The van der Waals surface area contributed by atoms with Crippen molar-refractivity contribution in [1.29, 1.82) is 0 Å². The Morgan fingerprint density at radius 2 is 2.16 bits per heavy atom. The first kappa shape index (κ1) is 15.8. The van der Waals surface area contributed by atoms with Crippen LogP contribution in [0.4, 0.5) is 5.69 Å². The minimum Gasteiger partial charge on any atom is -0.348 e. The highest BCUT2D eigenvalue weighted by atomic mass is 35.5. The fraction of sp³-hybridized carbons (Fsp3) is 0.375. The van der Waals surface area contributed by atoms with Crippen molar-refractivity contribution in [3.8, 4) is 0 Å². The van der Waals surface area contributed by atoms with Gasteiger partial charge in [0.05, 0.1) is 11.5 Å². The third kappa shape index (κ3) is 3.86. The van der Waals surface area contributed by atoms with Crippen LogP contribution in [-0.2, 0) is 14.8 Å². The van der Waals surface area contributed by atoms with Crippen molar-refractivity contribution in [2.75, 3.05) is 20.6 Å². The van der Waals surface area contributed by atoms with E-state index in [1.807, 2.05) is 4.72 Å². The van der Waals surface area contributed by atoms with E-state index in [4.69, 9.17) is 11.6 Å². The molecule has 0 saturated heterocycles. The van der Waals surface area contributed by atoms with Crippen molar-refractivity contribution < 1.29 is 18.1 Å². The summed E-state index contributed by atoms with van der Waals surface area (Å²) < 4.78 is 25.1. The topological polar surface area (TPSA) is 110 Å². The zero-order valence-corrected chi connectivity index (χ0v) is 12.3. The Morgan fingerprint density at radius 1 is 1.58 bits per heavy atom. The van der Waals surface area contributed by atoms with Crippen molar-refractivity contribution >= 4 is 44.6 Å². The molecule has 0 aliphatic rings. The van der Waals surface area contributed by atoms with Gasteiger partial charge >= 0.3 is 0 Å². The van der Waals surface area contributed by atoms with Crippen LogP contribution in [0.25, 0.3) is 0 Å². The van der Waals surface area contributed by atoms with Gasteiger partial charge in [0.15, 0.2) is 4.34 Å². The molecule has 1 aromatic heterocycles. The normalized spacial score (nSPS) is 11.3. The Bertz CT molecular complexity index is 610. The molecule has 1 heterocycles. The Kier molecular flexibility index (Phi) is 4.85. The summed E-state index contributed by atoms with van der Waals surface area (Å²) in [5.41, 5.74) is -0.481. The molecule has 0 atom stereocenters. The number of hydrogen-bond acceptors (Lipinski definition) is 6. The van der Waals surface area contributed by atoms with Crippen molar-refractivity contribution in [3.05, 3.63) is 20.5 Å². The fourth-order valence-corrected chi connectivity index (χ4v) is 3.66. The molecule has 19 heavy (non-hydrogen) atoms. The van der Waals surface area contributed by atoms with E-state index >= 15 is 0 Å². The van der Waals surface area contributed by atoms with E-state index in [1.165, 1.54) is 19.0 Å². The Labute approximate surface area is 118 Å². The molecular formula is C8H10ClN3O5S2. The van der Waals surface area contributed by atoms with Crippen molar-refractivity contribution in [2.24, 2.45) is 0 Å². The molecule has 1 aromatic rings. The van der Waals surface area contributed by atoms with Gasteiger partial charge in [-0.05, 0) is 0 Å². The maximum atomic E-state index is 11.8. The Hall–Kier alpha value is -1.23. The van der Waals surface area contributed by atoms with Crippen LogP contribution in [0.3, 0.4) is 0 Å². The number of nitrogens with one attached hydrogen (secondary N) is 1. The fourth-order valence-electron chi connectivity index (χ4n) is 0.981. The second-order valence-electron chi connectivity index (χ2n) is 3.59. The number of rotatable bonds is 5. The summed E-state index contributed by atoms with van der Waals surface area (Å²) in [7, 11) is -1.04. The Balaban J connectivity index is 2.92. The van der Waals surface area contributed by atoms with Crippen LogP contribution in [-0.4, -0.2) is 44.8 Å². The maximum absolute atomic E-state index is 11.8. The standard InChI is InChI=1S/C8H10ClN3O5S2/c1-11(2)6(13)4-10-19(16,17)7-3-5(12(14)15)8(9)18-7/h3,10H,4H2,1-2H3. The van der Waals surface area contributed by atoms with Gasteiger partial charge in [-0.15, -0.1) is 11.3 Å². The summed E-state index contributed by atoms with van der Waals surface area (Å²) in [5, 5.41) is 10.6. The van der Waals surface area contributed by atoms with Crippen LogP contribution in [0.15, 0.2) is 10.3 Å². The highest BCUT2D eigenvalue weighted by Gasteiger charge is 2.25. The number of halogens is 1. The minimum atomic E-state index is -3.99. The molecule has 0 saturated carbocycles. The number of carbonyl (C=O) groups is 1. The van der Waals surface area contributed by atoms with E-state index in [0.29, 0.717) is 11.3 Å². The van der Waals surface area contributed by atoms with Crippen molar-refractivity contribution in [1.82, 2.24) is 9.62 Å². The third-order valence-corrected chi connectivity index (χ3v) is 5.23. The van der Waals surface area contributed by atoms with Crippen LogP contribution in [0.5, 0.6) is 0 Å². The van der Waals surface area contributed by atoms with Gasteiger partial charge in [0.1, 0.15) is 4.21 Å². The number of likely N-dealkylation sites (N-methyl/N-ethyl adjacent to an activating group) is 1. The molecular weight excluding hydrogens is 318 g/mol. The van der Waals surface area contributed by atoms with E-state index in [0.717, 1.165) is 6.07 Å². The maximum Gasteiger partial charge on any atom is 0.300 e. The molecule has 0 fully saturated rings. The minimum absolute atomic E-state index is 0.232. The van der Waals surface area contributed by atoms with E-state index in [9.17, 15) is 23.3 Å². The van der Waals surface area contributed by atoms with Gasteiger partial charge in [-0.3, -0.25) is 14.9 Å². The third-order valence-electron chi connectivity index (χ3n) is 2.02. The molecule has 1 N–H and O–H groups in total. The van der Waals surface area contributed by atoms with Crippen LogP contribution >= 0.6 is 22.9 Å². The highest BCUT2D eigenvalue weighted by molar-refractivity contribution is 7.91. The summed E-state index contributed by atoms with van der Waals surface area (Å²) >= 11 is 6.13. The lowest BCUT2D eigenvalue weighted by Crippen LogP contribution is -2.35. The molecule has 11 heteroatoms. The van der Waals surface area contributed by atoms with Crippen molar-refractivity contribution in [2.45, 2.75) is 4.21 Å². The number of nitro groups is 1. The lowest BCUT2D eigenvalue weighted by atomic mass is 10.6. The summed E-state index contributed by atoms with van der Waals surface area (Å²) in [5.74, 6) is -0.444. The molecule has 106 valence electrons. The quantitative estimate of drug-likeness (QED) is 0.631. The van der Waals surface area contributed by atoms with Gasteiger partial charge < -0.3 is 4.90 Å². The smallest absolute Gasteiger partial charge is 0.300 e.